The average Bonchev–Trinajstić information content (AvgIpc) is 2.43. The SMILES string of the molecule is Cc1ccc(C)c(Oc2ccc(/C(N)=N/O)cc2)c1. The van der Waals surface area contributed by atoms with Crippen LogP contribution in [0.5, 0.6) is 11.5 Å². The van der Waals surface area contributed by atoms with E-state index in [1.807, 2.05) is 32.0 Å². The van der Waals surface area contributed by atoms with E-state index >= 15 is 0 Å². The fraction of sp³-hybridized carbons (Fsp3) is 0.133. The summed E-state index contributed by atoms with van der Waals surface area (Å²) in [6, 6.07) is 13.1. The number of ether oxygens (including phenoxy) is 1. The molecule has 0 saturated heterocycles. The highest BCUT2D eigenvalue weighted by atomic mass is 16.5. The molecule has 2 aromatic rings. The monoisotopic (exact) mass is 256 g/mol. The molecule has 2 aromatic carbocycles. The molecule has 3 N–H and O–H groups in total. The van der Waals surface area contributed by atoms with Gasteiger partial charge in [0.05, 0.1) is 0 Å². The van der Waals surface area contributed by atoms with Crippen molar-refractivity contribution in [2.24, 2.45) is 10.9 Å². The summed E-state index contributed by atoms with van der Waals surface area (Å²) in [6.07, 6.45) is 0. The van der Waals surface area contributed by atoms with Crippen LogP contribution in [0.1, 0.15) is 16.7 Å². The number of oxime groups is 1. The number of hydrogen-bond donors (Lipinski definition) is 2. The zero-order valence-electron chi connectivity index (χ0n) is 10.9. The van der Waals surface area contributed by atoms with Crippen LogP contribution in [0.3, 0.4) is 0 Å². The maximum Gasteiger partial charge on any atom is 0.170 e. The third-order valence-corrected chi connectivity index (χ3v) is 2.83. The molecule has 19 heavy (non-hydrogen) atoms. The van der Waals surface area contributed by atoms with Crippen molar-refractivity contribution in [3.63, 3.8) is 0 Å². The zero-order chi connectivity index (χ0) is 13.8. The zero-order valence-corrected chi connectivity index (χ0v) is 10.9. The summed E-state index contributed by atoms with van der Waals surface area (Å²) in [5.41, 5.74) is 8.37. The van der Waals surface area contributed by atoms with Crippen molar-refractivity contribution in [1.29, 1.82) is 0 Å². The number of nitrogens with two attached hydrogens (primary N) is 1. The average molecular weight is 256 g/mol. The van der Waals surface area contributed by atoms with E-state index in [9.17, 15) is 0 Å². The van der Waals surface area contributed by atoms with Gasteiger partial charge in [-0.25, -0.2) is 0 Å². The quantitative estimate of drug-likeness (QED) is 0.383. The number of hydrogen-bond acceptors (Lipinski definition) is 3. The van der Waals surface area contributed by atoms with Crippen molar-refractivity contribution >= 4 is 5.84 Å². The summed E-state index contributed by atoms with van der Waals surface area (Å²) >= 11 is 0. The Morgan fingerprint density at radius 2 is 1.79 bits per heavy atom. The molecule has 98 valence electrons. The van der Waals surface area contributed by atoms with Crippen LogP contribution in [0.25, 0.3) is 0 Å². The van der Waals surface area contributed by atoms with E-state index in [1.165, 1.54) is 0 Å². The maximum absolute atomic E-state index is 8.59. The predicted molar refractivity (Wildman–Crippen MR) is 74.9 cm³/mol. The van der Waals surface area contributed by atoms with Gasteiger partial charge in [-0.15, -0.1) is 0 Å². The Bertz CT molecular complexity index is 604. The lowest BCUT2D eigenvalue weighted by Gasteiger charge is -2.10. The van der Waals surface area contributed by atoms with E-state index in [0.29, 0.717) is 11.3 Å². The van der Waals surface area contributed by atoms with Crippen molar-refractivity contribution in [3.05, 3.63) is 59.2 Å². The normalized spacial score (nSPS) is 11.4. The number of rotatable bonds is 3. The van der Waals surface area contributed by atoms with Gasteiger partial charge in [-0.1, -0.05) is 17.3 Å². The van der Waals surface area contributed by atoms with E-state index in [4.69, 9.17) is 15.7 Å². The Balaban J connectivity index is 2.22. The largest absolute Gasteiger partial charge is 0.457 e. The van der Waals surface area contributed by atoms with Gasteiger partial charge in [-0.2, -0.15) is 0 Å². The smallest absolute Gasteiger partial charge is 0.170 e. The fourth-order valence-corrected chi connectivity index (χ4v) is 1.70. The molecule has 0 bridgehead atoms. The number of aryl methyl sites for hydroxylation is 2. The molecular weight excluding hydrogens is 240 g/mol. The minimum absolute atomic E-state index is 0.0817. The molecule has 2 rings (SSSR count). The molecular formula is C15H16N2O2. The van der Waals surface area contributed by atoms with Crippen LogP contribution in [0, 0.1) is 13.8 Å². The summed E-state index contributed by atoms with van der Waals surface area (Å²) in [7, 11) is 0. The number of benzene rings is 2. The van der Waals surface area contributed by atoms with Crippen LogP contribution in [-0.2, 0) is 0 Å². The summed E-state index contributed by atoms with van der Waals surface area (Å²) in [6.45, 7) is 4.02. The summed E-state index contributed by atoms with van der Waals surface area (Å²) in [4.78, 5) is 0. The third kappa shape index (κ3) is 3.04. The first-order valence-electron chi connectivity index (χ1n) is 5.93. The molecule has 0 saturated carbocycles. The molecule has 0 heterocycles. The minimum Gasteiger partial charge on any atom is -0.457 e. The Morgan fingerprint density at radius 3 is 2.42 bits per heavy atom. The summed E-state index contributed by atoms with van der Waals surface area (Å²) < 4.78 is 5.82. The van der Waals surface area contributed by atoms with Crippen LogP contribution in [0.4, 0.5) is 0 Å². The van der Waals surface area contributed by atoms with E-state index < -0.39 is 0 Å². The second-order valence-electron chi connectivity index (χ2n) is 4.38. The molecule has 0 aliphatic heterocycles. The van der Waals surface area contributed by atoms with Gasteiger partial charge >= 0.3 is 0 Å². The standard InChI is InChI=1S/C15H16N2O2/c1-10-3-4-11(2)14(9-10)19-13-7-5-12(6-8-13)15(16)17-18/h3-9,18H,1-2H3,(H2,16,17). The first kappa shape index (κ1) is 13.0. The van der Waals surface area contributed by atoms with E-state index in [-0.39, 0.29) is 5.84 Å². The van der Waals surface area contributed by atoms with E-state index in [1.54, 1.807) is 24.3 Å². The van der Waals surface area contributed by atoms with Gasteiger partial charge in [0.2, 0.25) is 0 Å². The van der Waals surface area contributed by atoms with Crippen molar-refractivity contribution in [1.82, 2.24) is 0 Å². The van der Waals surface area contributed by atoms with Crippen molar-refractivity contribution in [2.45, 2.75) is 13.8 Å². The van der Waals surface area contributed by atoms with Crippen LogP contribution >= 0.6 is 0 Å². The maximum atomic E-state index is 8.59. The minimum atomic E-state index is 0.0817. The van der Waals surface area contributed by atoms with E-state index in [0.717, 1.165) is 16.9 Å². The van der Waals surface area contributed by atoms with Gasteiger partial charge in [0.15, 0.2) is 5.84 Å². The number of nitrogens with zero attached hydrogens (tertiary/aromatic N) is 1. The molecule has 0 aromatic heterocycles. The molecule has 4 nitrogen and oxygen atoms in total. The van der Waals surface area contributed by atoms with E-state index in [2.05, 4.69) is 5.16 Å². The molecule has 4 heteroatoms. The first-order chi connectivity index (χ1) is 9.10. The predicted octanol–water partition coefficient (Wildman–Crippen LogP) is 3.19. The lowest BCUT2D eigenvalue weighted by molar-refractivity contribution is 0.318. The van der Waals surface area contributed by atoms with Gasteiger partial charge in [0, 0.05) is 5.56 Å². The number of amidine groups is 1. The van der Waals surface area contributed by atoms with Gasteiger partial charge in [0.1, 0.15) is 11.5 Å². The van der Waals surface area contributed by atoms with Crippen LogP contribution in [0.2, 0.25) is 0 Å². The van der Waals surface area contributed by atoms with Crippen LogP contribution < -0.4 is 10.5 Å². The summed E-state index contributed by atoms with van der Waals surface area (Å²) in [5.74, 6) is 1.62. The Kier molecular flexibility index (Phi) is 3.71. The second-order valence-corrected chi connectivity index (χ2v) is 4.38. The van der Waals surface area contributed by atoms with Gasteiger partial charge in [-0.3, -0.25) is 0 Å². The highest BCUT2D eigenvalue weighted by Gasteiger charge is 2.03. The van der Waals surface area contributed by atoms with Crippen molar-refractivity contribution < 1.29 is 9.94 Å². The van der Waals surface area contributed by atoms with Crippen molar-refractivity contribution in [3.8, 4) is 11.5 Å². The summed E-state index contributed by atoms with van der Waals surface area (Å²) in [5, 5.41) is 11.5. The van der Waals surface area contributed by atoms with Crippen molar-refractivity contribution in [2.75, 3.05) is 0 Å². The molecule has 0 aliphatic carbocycles. The molecule has 0 fully saturated rings. The Labute approximate surface area is 112 Å². The highest BCUT2D eigenvalue weighted by molar-refractivity contribution is 5.97. The fourth-order valence-electron chi connectivity index (χ4n) is 1.70. The van der Waals surface area contributed by atoms with Gasteiger partial charge < -0.3 is 15.7 Å². The van der Waals surface area contributed by atoms with Crippen LogP contribution in [-0.4, -0.2) is 11.0 Å². The Morgan fingerprint density at radius 1 is 1.11 bits per heavy atom. The second kappa shape index (κ2) is 5.44. The molecule has 0 spiro atoms. The lowest BCUT2D eigenvalue weighted by Crippen LogP contribution is -2.12. The third-order valence-electron chi connectivity index (χ3n) is 2.83. The first-order valence-corrected chi connectivity index (χ1v) is 5.93. The topological polar surface area (TPSA) is 67.8 Å². The molecule has 0 amide bonds. The molecule has 0 unspecified atom stereocenters. The Hall–Kier alpha value is -2.49. The van der Waals surface area contributed by atoms with Gasteiger partial charge in [0.25, 0.3) is 0 Å². The molecule has 0 aliphatic rings. The lowest BCUT2D eigenvalue weighted by atomic mass is 10.1. The molecule has 0 radical (unpaired) electrons. The highest BCUT2D eigenvalue weighted by Crippen LogP contribution is 2.26. The van der Waals surface area contributed by atoms with Gasteiger partial charge in [-0.05, 0) is 55.3 Å². The molecule has 0 atom stereocenters. The van der Waals surface area contributed by atoms with Crippen LogP contribution in [0.15, 0.2) is 47.6 Å².